The van der Waals surface area contributed by atoms with Crippen molar-refractivity contribution in [3.05, 3.63) is 63.3 Å². The number of halogens is 3. The number of amides is 2. The predicted octanol–water partition coefficient (Wildman–Crippen LogP) is 4.59. The molecule has 0 aliphatic carbocycles. The molecule has 1 saturated heterocycles. The summed E-state index contributed by atoms with van der Waals surface area (Å²) in [6, 6.07) is 1.63. The largest absolute Gasteiger partial charge is 0.346 e. The molecule has 0 saturated carbocycles. The molecule has 4 aromatic rings. The van der Waals surface area contributed by atoms with Crippen molar-refractivity contribution in [2.24, 2.45) is 0 Å². The Hall–Kier alpha value is -3.25. The minimum Gasteiger partial charge on any atom is -0.346 e. The van der Waals surface area contributed by atoms with Gasteiger partial charge in [-0.2, -0.15) is 0 Å². The standard InChI is InChI=1S/C23H20F3N5O2S2/c1-11-19(31-8-9-34-23(31)27-11)21(32)29-13-4-3-7-30(10-13)22(33)18-20(35-12(2)28-18)14-5-6-15(24)17(26)16(14)25/h5-6,8-9,13H,3-4,7,10H2,1-2H3,(H,29,32)/t13-/m1/s1. The highest BCUT2D eigenvalue weighted by Crippen LogP contribution is 2.34. The Labute approximate surface area is 206 Å². The summed E-state index contributed by atoms with van der Waals surface area (Å²) in [5.41, 5.74) is 0.844. The van der Waals surface area contributed by atoms with Crippen LogP contribution in [0.3, 0.4) is 0 Å². The summed E-state index contributed by atoms with van der Waals surface area (Å²) in [5.74, 6) is -4.98. The zero-order chi connectivity index (χ0) is 24.9. The number of piperidine rings is 1. The monoisotopic (exact) mass is 519 g/mol. The van der Waals surface area contributed by atoms with E-state index < -0.39 is 23.4 Å². The van der Waals surface area contributed by atoms with E-state index in [9.17, 15) is 22.8 Å². The van der Waals surface area contributed by atoms with E-state index in [4.69, 9.17) is 0 Å². The first-order chi connectivity index (χ1) is 16.7. The molecule has 0 bridgehead atoms. The van der Waals surface area contributed by atoms with Crippen LogP contribution >= 0.6 is 22.7 Å². The van der Waals surface area contributed by atoms with Crippen LogP contribution in [0.5, 0.6) is 0 Å². The second-order valence-electron chi connectivity index (χ2n) is 8.30. The van der Waals surface area contributed by atoms with Gasteiger partial charge in [-0.1, -0.05) is 0 Å². The van der Waals surface area contributed by atoms with Crippen LogP contribution in [-0.4, -0.2) is 50.2 Å². The zero-order valence-electron chi connectivity index (χ0n) is 18.8. The molecule has 2 amide bonds. The summed E-state index contributed by atoms with van der Waals surface area (Å²) in [7, 11) is 0. The average molecular weight is 520 g/mol. The van der Waals surface area contributed by atoms with Crippen molar-refractivity contribution in [3.63, 3.8) is 0 Å². The van der Waals surface area contributed by atoms with Crippen LogP contribution in [0, 0.1) is 31.3 Å². The number of thiazole rings is 2. The van der Waals surface area contributed by atoms with E-state index in [1.54, 1.807) is 29.3 Å². The van der Waals surface area contributed by atoms with Gasteiger partial charge in [-0.15, -0.1) is 22.7 Å². The number of aromatic nitrogens is 3. The van der Waals surface area contributed by atoms with Gasteiger partial charge in [-0.3, -0.25) is 14.0 Å². The molecule has 182 valence electrons. The van der Waals surface area contributed by atoms with Gasteiger partial charge in [-0.05, 0) is 38.8 Å². The van der Waals surface area contributed by atoms with E-state index in [1.165, 1.54) is 11.3 Å². The molecular weight excluding hydrogens is 499 g/mol. The Bertz CT molecular complexity index is 1460. The van der Waals surface area contributed by atoms with Crippen LogP contribution in [0.15, 0.2) is 23.7 Å². The molecule has 1 atom stereocenters. The number of carbonyl (C=O) groups is 2. The van der Waals surface area contributed by atoms with Crippen LogP contribution < -0.4 is 5.32 Å². The Morgan fingerprint density at radius 3 is 2.74 bits per heavy atom. The first-order valence-electron chi connectivity index (χ1n) is 10.9. The van der Waals surface area contributed by atoms with Gasteiger partial charge in [0.05, 0.1) is 15.6 Å². The van der Waals surface area contributed by atoms with E-state index in [0.29, 0.717) is 35.8 Å². The molecule has 4 heterocycles. The first-order valence-corrected chi connectivity index (χ1v) is 12.6. The fourth-order valence-corrected chi connectivity index (χ4v) is 6.00. The van der Waals surface area contributed by atoms with E-state index in [0.717, 1.165) is 28.4 Å². The molecule has 0 radical (unpaired) electrons. The molecule has 1 fully saturated rings. The van der Waals surface area contributed by atoms with Crippen LogP contribution in [-0.2, 0) is 0 Å². The van der Waals surface area contributed by atoms with Gasteiger partial charge in [0.25, 0.3) is 11.8 Å². The number of fused-ring (bicyclic) bond motifs is 1. The lowest BCUT2D eigenvalue weighted by Crippen LogP contribution is -2.50. The van der Waals surface area contributed by atoms with E-state index >= 15 is 0 Å². The lowest BCUT2D eigenvalue weighted by Gasteiger charge is -2.33. The summed E-state index contributed by atoms with van der Waals surface area (Å²) in [6.45, 7) is 4.10. The second kappa shape index (κ2) is 9.08. The summed E-state index contributed by atoms with van der Waals surface area (Å²) in [5, 5.41) is 5.34. The highest BCUT2D eigenvalue weighted by atomic mass is 32.1. The Morgan fingerprint density at radius 2 is 1.94 bits per heavy atom. The Morgan fingerprint density at radius 1 is 1.14 bits per heavy atom. The van der Waals surface area contributed by atoms with Crippen molar-refractivity contribution in [2.75, 3.05) is 13.1 Å². The number of hydrogen-bond donors (Lipinski definition) is 1. The molecule has 7 nitrogen and oxygen atoms in total. The highest BCUT2D eigenvalue weighted by Gasteiger charge is 2.31. The van der Waals surface area contributed by atoms with Crippen molar-refractivity contribution in [1.82, 2.24) is 24.6 Å². The molecular formula is C23H20F3N5O2S2. The van der Waals surface area contributed by atoms with Gasteiger partial charge in [0.2, 0.25) is 0 Å². The number of aryl methyl sites for hydroxylation is 2. The highest BCUT2D eigenvalue weighted by molar-refractivity contribution is 7.15. The molecule has 1 aliphatic heterocycles. The topological polar surface area (TPSA) is 79.6 Å². The quantitative estimate of drug-likeness (QED) is 0.400. The maximum absolute atomic E-state index is 14.5. The maximum atomic E-state index is 14.5. The van der Waals surface area contributed by atoms with Crippen molar-refractivity contribution < 1.29 is 22.8 Å². The number of hydrogen-bond acceptors (Lipinski definition) is 6. The van der Waals surface area contributed by atoms with Gasteiger partial charge in [-0.25, -0.2) is 23.1 Å². The van der Waals surface area contributed by atoms with Gasteiger partial charge in [0.1, 0.15) is 11.4 Å². The normalized spacial score (nSPS) is 16.1. The molecule has 12 heteroatoms. The van der Waals surface area contributed by atoms with Crippen molar-refractivity contribution in [2.45, 2.75) is 32.7 Å². The third-order valence-electron chi connectivity index (χ3n) is 5.91. The number of nitrogens with one attached hydrogen (secondary N) is 1. The molecule has 35 heavy (non-hydrogen) atoms. The summed E-state index contributed by atoms with van der Waals surface area (Å²) in [6.07, 6.45) is 3.12. The number of rotatable bonds is 4. The zero-order valence-corrected chi connectivity index (χ0v) is 20.4. The molecule has 0 spiro atoms. The molecule has 5 rings (SSSR count). The van der Waals surface area contributed by atoms with E-state index in [1.807, 2.05) is 5.38 Å². The molecule has 1 aromatic carbocycles. The maximum Gasteiger partial charge on any atom is 0.274 e. The molecule has 1 N–H and O–H groups in total. The van der Waals surface area contributed by atoms with Crippen LogP contribution in [0.4, 0.5) is 13.2 Å². The third kappa shape index (κ3) is 4.20. The van der Waals surface area contributed by atoms with Gasteiger partial charge >= 0.3 is 0 Å². The second-order valence-corrected chi connectivity index (χ2v) is 10.4. The van der Waals surface area contributed by atoms with E-state index in [2.05, 4.69) is 15.3 Å². The number of imidazole rings is 1. The predicted molar refractivity (Wildman–Crippen MR) is 126 cm³/mol. The van der Waals surface area contributed by atoms with Crippen LogP contribution in [0.2, 0.25) is 0 Å². The van der Waals surface area contributed by atoms with Crippen molar-refractivity contribution in [1.29, 1.82) is 0 Å². The average Bonchev–Trinajstić information content (AvgIpc) is 3.51. The number of likely N-dealkylation sites (tertiary alicyclic amines) is 1. The van der Waals surface area contributed by atoms with Crippen molar-refractivity contribution >= 4 is 39.4 Å². The molecule has 1 aliphatic rings. The van der Waals surface area contributed by atoms with Crippen LogP contribution in [0.1, 0.15) is 44.5 Å². The minimum absolute atomic E-state index is 0.0176. The first kappa shape index (κ1) is 23.5. The fourth-order valence-electron chi connectivity index (χ4n) is 4.31. The molecule has 3 aromatic heterocycles. The summed E-state index contributed by atoms with van der Waals surface area (Å²) < 4.78 is 43.5. The lowest BCUT2D eigenvalue weighted by atomic mass is 10.0. The Balaban J connectivity index is 1.37. The minimum atomic E-state index is -1.59. The number of nitrogens with zero attached hydrogens (tertiary/aromatic N) is 4. The third-order valence-corrected chi connectivity index (χ3v) is 7.67. The van der Waals surface area contributed by atoms with Crippen LogP contribution in [0.25, 0.3) is 15.4 Å². The molecule has 0 unspecified atom stereocenters. The number of benzene rings is 1. The van der Waals surface area contributed by atoms with E-state index in [-0.39, 0.29) is 34.6 Å². The van der Waals surface area contributed by atoms with Gasteiger partial charge in [0, 0.05) is 36.3 Å². The fraction of sp³-hybridized carbons (Fsp3) is 0.304. The lowest BCUT2D eigenvalue weighted by molar-refractivity contribution is 0.0671. The summed E-state index contributed by atoms with van der Waals surface area (Å²) >= 11 is 2.47. The summed E-state index contributed by atoms with van der Waals surface area (Å²) in [4.78, 5) is 37.5. The van der Waals surface area contributed by atoms with Crippen molar-refractivity contribution in [3.8, 4) is 10.4 Å². The SMILES string of the molecule is Cc1nc(C(=O)N2CCC[C@@H](NC(=O)c3c(C)nc4sccn34)C2)c(-c2ccc(F)c(F)c2F)s1. The van der Waals surface area contributed by atoms with Gasteiger partial charge in [0.15, 0.2) is 22.4 Å². The Kier molecular flexibility index (Phi) is 6.09. The van der Waals surface area contributed by atoms with Gasteiger partial charge < -0.3 is 10.2 Å². The smallest absolute Gasteiger partial charge is 0.274 e. The number of carbonyl (C=O) groups excluding carboxylic acids is 2.